The van der Waals surface area contributed by atoms with Gasteiger partial charge in [-0.15, -0.1) is 0 Å². The van der Waals surface area contributed by atoms with Crippen molar-refractivity contribution in [3.8, 4) is 0 Å². The fourth-order valence-corrected chi connectivity index (χ4v) is 4.35. The first kappa shape index (κ1) is 17.6. The summed E-state index contributed by atoms with van der Waals surface area (Å²) in [6, 6.07) is 14.3. The molecule has 2 atom stereocenters. The van der Waals surface area contributed by atoms with Gasteiger partial charge in [-0.3, -0.25) is 4.90 Å². The molecule has 0 amide bonds. The van der Waals surface area contributed by atoms with E-state index in [0.717, 1.165) is 36.6 Å². The predicted molar refractivity (Wildman–Crippen MR) is 111 cm³/mol. The van der Waals surface area contributed by atoms with Crippen molar-refractivity contribution < 1.29 is 0 Å². The van der Waals surface area contributed by atoms with Crippen LogP contribution < -0.4 is 4.90 Å². The zero-order chi connectivity index (χ0) is 18.3. The molecule has 3 heteroatoms. The number of rotatable bonds is 2. The SMILES string of the molecule is Cc1ccc([C@H]2C=CCC3CN(c4ccc(Cl)c(C)c4)CCN32)cc1C. The fourth-order valence-electron chi connectivity index (χ4n) is 4.23. The van der Waals surface area contributed by atoms with Crippen molar-refractivity contribution in [1.82, 2.24) is 4.90 Å². The molecule has 2 aliphatic heterocycles. The lowest BCUT2D eigenvalue weighted by Gasteiger charge is -2.47. The highest BCUT2D eigenvalue weighted by molar-refractivity contribution is 6.31. The normalized spacial score (nSPS) is 23.2. The lowest BCUT2D eigenvalue weighted by Crippen LogP contribution is -2.54. The molecule has 2 aromatic carbocycles. The third kappa shape index (κ3) is 3.28. The minimum absolute atomic E-state index is 0.405. The molecule has 2 aromatic rings. The summed E-state index contributed by atoms with van der Waals surface area (Å²) >= 11 is 6.21. The summed E-state index contributed by atoms with van der Waals surface area (Å²) in [5.41, 5.74) is 6.62. The molecule has 0 aromatic heterocycles. The summed E-state index contributed by atoms with van der Waals surface area (Å²) in [6.07, 6.45) is 5.89. The quantitative estimate of drug-likeness (QED) is 0.651. The van der Waals surface area contributed by atoms with Gasteiger partial charge in [0.2, 0.25) is 0 Å². The molecule has 2 heterocycles. The Hall–Kier alpha value is -1.77. The van der Waals surface area contributed by atoms with Crippen LogP contribution in [0, 0.1) is 20.8 Å². The molecule has 1 unspecified atom stereocenters. The van der Waals surface area contributed by atoms with Gasteiger partial charge in [0.1, 0.15) is 0 Å². The van der Waals surface area contributed by atoms with Crippen molar-refractivity contribution in [1.29, 1.82) is 0 Å². The Morgan fingerprint density at radius 3 is 2.54 bits per heavy atom. The number of hydrogen-bond donors (Lipinski definition) is 0. The Labute approximate surface area is 162 Å². The Morgan fingerprint density at radius 1 is 0.923 bits per heavy atom. The fraction of sp³-hybridized carbons (Fsp3) is 0.391. The number of benzene rings is 2. The first-order chi connectivity index (χ1) is 12.5. The monoisotopic (exact) mass is 366 g/mol. The lowest BCUT2D eigenvalue weighted by atomic mass is 9.93. The molecule has 0 saturated carbocycles. The van der Waals surface area contributed by atoms with E-state index in [0.29, 0.717) is 12.1 Å². The van der Waals surface area contributed by atoms with Crippen molar-refractivity contribution in [3.63, 3.8) is 0 Å². The topological polar surface area (TPSA) is 6.48 Å². The van der Waals surface area contributed by atoms with Crippen molar-refractivity contribution in [2.24, 2.45) is 0 Å². The largest absolute Gasteiger partial charge is 0.369 e. The van der Waals surface area contributed by atoms with Crippen LogP contribution in [-0.4, -0.2) is 30.6 Å². The highest BCUT2D eigenvalue weighted by atomic mass is 35.5. The van der Waals surface area contributed by atoms with Crippen molar-refractivity contribution in [3.05, 3.63) is 75.8 Å². The van der Waals surface area contributed by atoms with E-state index in [9.17, 15) is 0 Å². The van der Waals surface area contributed by atoms with E-state index < -0.39 is 0 Å². The standard InChI is InChI=1S/C23H27ClN2/c1-16-7-8-19(13-17(16)2)23-6-4-5-21-15-25(11-12-26(21)23)20-9-10-22(24)18(3)14-20/h4,6-10,13-14,21,23H,5,11-12,15H2,1-3H3/t21?,23-/m1/s1. The maximum absolute atomic E-state index is 6.21. The van der Waals surface area contributed by atoms with Gasteiger partial charge in [-0.05, 0) is 67.6 Å². The first-order valence-electron chi connectivity index (χ1n) is 9.53. The van der Waals surface area contributed by atoms with E-state index in [1.807, 2.05) is 6.07 Å². The maximum Gasteiger partial charge on any atom is 0.0535 e. The maximum atomic E-state index is 6.21. The van der Waals surface area contributed by atoms with E-state index >= 15 is 0 Å². The predicted octanol–water partition coefficient (Wildman–Crippen LogP) is 5.46. The zero-order valence-electron chi connectivity index (χ0n) is 15.9. The number of fused-ring (bicyclic) bond motifs is 1. The average Bonchev–Trinajstić information content (AvgIpc) is 2.65. The van der Waals surface area contributed by atoms with Crippen LogP contribution in [0.1, 0.15) is 34.7 Å². The van der Waals surface area contributed by atoms with Crippen molar-refractivity contribution in [2.75, 3.05) is 24.5 Å². The van der Waals surface area contributed by atoms with Crippen LogP contribution >= 0.6 is 11.6 Å². The van der Waals surface area contributed by atoms with Gasteiger partial charge in [-0.25, -0.2) is 0 Å². The van der Waals surface area contributed by atoms with Crippen LogP contribution in [0.4, 0.5) is 5.69 Å². The van der Waals surface area contributed by atoms with Crippen LogP contribution in [0.5, 0.6) is 0 Å². The van der Waals surface area contributed by atoms with E-state index in [1.54, 1.807) is 0 Å². The molecule has 0 bridgehead atoms. The first-order valence-corrected chi connectivity index (χ1v) is 9.91. The summed E-state index contributed by atoms with van der Waals surface area (Å²) < 4.78 is 0. The number of halogens is 1. The smallest absolute Gasteiger partial charge is 0.0535 e. The Kier molecular flexibility index (Phi) is 4.81. The van der Waals surface area contributed by atoms with Crippen molar-refractivity contribution >= 4 is 17.3 Å². The number of nitrogens with zero attached hydrogens (tertiary/aromatic N) is 2. The summed E-state index contributed by atoms with van der Waals surface area (Å²) in [5, 5.41) is 0.850. The number of hydrogen-bond acceptors (Lipinski definition) is 2. The van der Waals surface area contributed by atoms with Crippen LogP contribution in [0.3, 0.4) is 0 Å². The van der Waals surface area contributed by atoms with E-state index in [1.165, 1.54) is 22.4 Å². The molecule has 4 rings (SSSR count). The third-order valence-corrected chi connectivity index (χ3v) is 6.42. The van der Waals surface area contributed by atoms with Gasteiger partial charge in [0.25, 0.3) is 0 Å². The molecule has 0 N–H and O–H groups in total. The van der Waals surface area contributed by atoms with Gasteiger partial charge in [0.05, 0.1) is 6.04 Å². The summed E-state index contributed by atoms with van der Waals surface area (Å²) in [6.45, 7) is 9.71. The van der Waals surface area contributed by atoms with Gasteiger partial charge in [0, 0.05) is 36.4 Å². The molecule has 1 fully saturated rings. The van der Waals surface area contributed by atoms with E-state index in [4.69, 9.17) is 11.6 Å². The molecule has 0 spiro atoms. The second kappa shape index (κ2) is 7.09. The van der Waals surface area contributed by atoms with Gasteiger partial charge >= 0.3 is 0 Å². The highest BCUT2D eigenvalue weighted by Gasteiger charge is 2.33. The van der Waals surface area contributed by atoms with Crippen LogP contribution in [-0.2, 0) is 0 Å². The van der Waals surface area contributed by atoms with E-state index in [2.05, 4.69) is 73.1 Å². The number of anilines is 1. The zero-order valence-corrected chi connectivity index (χ0v) is 16.6. The molecular formula is C23H27ClN2. The van der Waals surface area contributed by atoms with Gasteiger partial charge in [-0.1, -0.05) is 42.0 Å². The Morgan fingerprint density at radius 2 is 1.77 bits per heavy atom. The molecule has 0 aliphatic carbocycles. The lowest BCUT2D eigenvalue weighted by molar-refractivity contribution is 0.134. The number of piperazine rings is 1. The van der Waals surface area contributed by atoms with Gasteiger partial charge in [-0.2, -0.15) is 0 Å². The highest BCUT2D eigenvalue weighted by Crippen LogP contribution is 2.34. The molecule has 2 nitrogen and oxygen atoms in total. The molecule has 2 aliphatic rings. The Bertz CT molecular complexity index is 842. The summed E-state index contributed by atoms with van der Waals surface area (Å²) in [7, 11) is 0. The van der Waals surface area contributed by atoms with Crippen LogP contribution in [0.25, 0.3) is 0 Å². The van der Waals surface area contributed by atoms with Crippen LogP contribution in [0.2, 0.25) is 5.02 Å². The van der Waals surface area contributed by atoms with Gasteiger partial charge in [0.15, 0.2) is 0 Å². The van der Waals surface area contributed by atoms with Crippen molar-refractivity contribution in [2.45, 2.75) is 39.3 Å². The minimum atomic E-state index is 0.405. The average molecular weight is 367 g/mol. The van der Waals surface area contributed by atoms with Crippen LogP contribution in [0.15, 0.2) is 48.6 Å². The molecule has 1 saturated heterocycles. The molecular weight excluding hydrogens is 340 g/mol. The summed E-state index contributed by atoms with van der Waals surface area (Å²) in [4.78, 5) is 5.20. The molecule has 136 valence electrons. The summed E-state index contributed by atoms with van der Waals surface area (Å²) in [5.74, 6) is 0. The molecule has 0 radical (unpaired) electrons. The molecule has 26 heavy (non-hydrogen) atoms. The minimum Gasteiger partial charge on any atom is -0.369 e. The van der Waals surface area contributed by atoms with E-state index in [-0.39, 0.29) is 0 Å². The Balaban J connectivity index is 1.55. The van der Waals surface area contributed by atoms with Gasteiger partial charge < -0.3 is 4.90 Å². The second-order valence-electron chi connectivity index (χ2n) is 7.72. The second-order valence-corrected chi connectivity index (χ2v) is 8.13. The number of aryl methyl sites for hydroxylation is 3. The third-order valence-electron chi connectivity index (χ3n) is 5.99.